The fourth-order valence-corrected chi connectivity index (χ4v) is 3.94. The Hall–Kier alpha value is -1.11. The van der Waals surface area contributed by atoms with Crippen LogP contribution >= 0.6 is 11.3 Å². The van der Waals surface area contributed by atoms with E-state index in [0.717, 1.165) is 30.3 Å². The van der Waals surface area contributed by atoms with Crippen molar-refractivity contribution in [3.05, 3.63) is 17.3 Å². The summed E-state index contributed by atoms with van der Waals surface area (Å²) in [5.74, 6) is 1.08. The van der Waals surface area contributed by atoms with Crippen molar-refractivity contribution in [1.29, 1.82) is 0 Å². The van der Waals surface area contributed by atoms with Crippen LogP contribution in [-0.4, -0.2) is 39.7 Å². The Morgan fingerprint density at radius 1 is 1.33 bits per heavy atom. The molecule has 2 aromatic rings. The highest BCUT2D eigenvalue weighted by Gasteiger charge is 2.28. The van der Waals surface area contributed by atoms with Gasteiger partial charge in [-0.1, -0.05) is 0 Å². The summed E-state index contributed by atoms with van der Waals surface area (Å²) >= 11 is 1.68. The molecule has 21 heavy (non-hydrogen) atoms. The normalized spacial score (nSPS) is 23.1. The van der Waals surface area contributed by atoms with Gasteiger partial charge < -0.3 is 15.3 Å². The molecule has 0 aromatic carbocycles. The summed E-state index contributed by atoms with van der Waals surface area (Å²) in [6.07, 6.45) is 8.17. The molecular formula is C15H22N4OS. The third-order valence-electron chi connectivity index (χ3n) is 4.59. The van der Waals surface area contributed by atoms with Gasteiger partial charge in [0.15, 0.2) is 10.8 Å². The van der Waals surface area contributed by atoms with E-state index in [1.54, 1.807) is 11.3 Å². The quantitative estimate of drug-likeness (QED) is 0.887. The Bertz CT molecular complexity index is 618. The van der Waals surface area contributed by atoms with Crippen LogP contribution in [0.4, 0.5) is 5.82 Å². The predicted octanol–water partition coefficient (Wildman–Crippen LogP) is 2.00. The first kappa shape index (κ1) is 13.5. The van der Waals surface area contributed by atoms with Gasteiger partial charge in [0.2, 0.25) is 0 Å². The van der Waals surface area contributed by atoms with Gasteiger partial charge >= 0.3 is 0 Å². The molecule has 2 fully saturated rings. The van der Waals surface area contributed by atoms with Crippen molar-refractivity contribution in [2.75, 3.05) is 18.1 Å². The predicted molar refractivity (Wildman–Crippen MR) is 85.0 cm³/mol. The largest absolute Gasteiger partial charge is 0.394 e. The second kappa shape index (κ2) is 5.59. The van der Waals surface area contributed by atoms with E-state index in [9.17, 15) is 5.11 Å². The Morgan fingerprint density at radius 3 is 3.05 bits per heavy atom. The van der Waals surface area contributed by atoms with E-state index in [-0.39, 0.29) is 12.6 Å². The Kier molecular flexibility index (Phi) is 3.61. The van der Waals surface area contributed by atoms with Crippen LogP contribution < -0.4 is 10.2 Å². The second-order valence-electron chi connectivity index (χ2n) is 6.12. The third-order valence-corrected chi connectivity index (χ3v) is 5.34. The summed E-state index contributed by atoms with van der Waals surface area (Å²) in [7, 11) is 0. The lowest BCUT2D eigenvalue weighted by Crippen LogP contribution is -2.42. The maximum Gasteiger partial charge on any atom is 0.195 e. The minimum absolute atomic E-state index is 0.223. The Balaban J connectivity index is 1.68. The molecule has 1 aliphatic carbocycles. The lowest BCUT2D eigenvalue weighted by molar-refractivity contribution is 0.239. The molecule has 1 saturated carbocycles. The minimum atomic E-state index is 0.223. The summed E-state index contributed by atoms with van der Waals surface area (Å²) in [6, 6.07) is 0.917. The minimum Gasteiger partial charge on any atom is -0.394 e. The monoisotopic (exact) mass is 306 g/mol. The van der Waals surface area contributed by atoms with Crippen molar-refractivity contribution in [2.45, 2.75) is 50.7 Å². The third kappa shape index (κ3) is 2.56. The number of piperidine rings is 1. The number of aromatic nitrogens is 2. The molecule has 4 rings (SSSR count). The number of anilines is 1. The number of nitrogens with one attached hydrogen (secondary N) is 1. The molecule has 1 aliphatic heterocycles. The van der Waals surface area contributed by atoms with E-state index < -0.39 is 0 Å². The lowest BCUT2D eigenvalue weighted by atomic mass is 10.0. The van der Waals surface area contributed by atoms with E-state index in [4.69, 9.17) is 4.98 Å². The van der Waals surface area contributed by atoms with Crippen molar-refractivity contribution in [3.8, 4) is 0 Å². The van der Waals surface area contributed by atoms with Crippen LogP contribution in [0.15, 0.2) is 11.6 Å². The molecule has 1 atom stereocenters. The van der Waals surface area contributed by atoms with Crippen molar-refractivity contribution in [3.63, 3.8) is 0 Å². The number of imidazole rings is 1. The molecule has 2 N–H and O–H groups in total. The van der Waals surface area contributed by atoms with Crippen molar-refractivity contribution in [1.82, 2.24) is 14.7 Å². The molecule has 1 saturated heterocycles. The molecule has 0 bridgehead atoms. The van der Waals surface area contributed by atoms with Crippen molar-refractivity contribution in [2.24, 2.45) is 0 Å². The van der Waals surface area contributed by atoms with Gasteiger partial charge in [0, 0.05) is 30.7 Å². The highest BCUT2D eigenvalue weighted by atomic mass is 32.1. The molecule has 2 aromatic heterocycles. The van der Waals surface area contributed by atoms with Crippen LogP contribution in [0.5, 0.6) is 0 Å². The number of rotatable bonds is 5. The number of aliphatic hydroxyl groups is 1. The van der Waals surface area contributed by atoms with Gasteiger partial charge in [0.05, 0.1) is 18.3 Å². The number of nitrogens with zero attached hydrogens (tertiary/aromatic N) is 3. The zero-order valence-electron chi connectivity index (χ0n) is 12.2. The molecule has 5 nitrogen and oxygen atoms in total. The van der Waals surface area contributed by atoms with Gasteiger partial charge in [-0.25, -0.2) is 4.98 Å². The highest BCUT2D eigenvalue weighted by Crippen LogP contribution is 2.30. The first-order valence-electron chi connectivity index (χ1n) is 7.92. The summed E-state index contributed by atoms with van der Waals surface area (Å²) in [4.78, 5) is 8.23. The molecule has 0 amide bonds. The maximum absolute atomic E-state index is 9.68. The SMILES string of the molecule is OCC1CCCCN1c1nc2sccn2c1CNC1CC1. The van der Waals surface area contributed by atoms with Gasteiger partial charge in [-0.2, -0.15) is 0 Å². The summed E-state index contributed by atoms with van der Waals surface area (Å²) in [5, 5.41) is 15.4. The van der Waals surface area contributed by atoms with E-state index in [1.165, 1.54) is 31.4 Å². The first-order valence-corrected chi connectivity index (χ1v) is 8.80. The fourth-order valence-electron chi connectivity index (χ4n) is 3.21. The molecule has 114 valence electrons. The van der Waals surface area contributed by atoms with Crippen LogP contribution in [0.1, 0.15) is 37.8 Å². The van der Waals surface area contributed by atoms with E-state index in [2.05, 4.69) is 26.2 Å². The number of thiazole rings is 1. The average molecular weight is 306 g/mol. The number of aliphatic hydroxyl groups excluding tert-OH is 1. The molecule has 6 heteroatoms. The smallest absolute Gasteiger partial charge is 0.195 e. The maximum atomic E-state index is 9.68. The summed E-state index contributed by atoms with van der Waals surface area (Å²) in [5.41, 5.74) is 1.25. The zero-order chi connectivity index (χ0) is 14.2. The van der Waals surface area contributed by atoms with Crippen LogP contribution in [0, 0.1) is 0 Å². The van der Waals surface area contributed by atoms with Crippen molar-refractivity contribution < 1.29 is 5.11 Å². The zero-order valence-corrected chi connectivity index (χ0v) is 13.0. The first-order chi connectivity index (χ1) is 10.4. The molecule has 0 spiro atoms. The topological polar surface area (TPSA) is 52.8 Å². The number of hydrogen-bond acceptors (Lipinski definition) is 5. The van der Waals surface area contributed by atoms with E-state index in [0.29, 0.717) is 6.04 Å². The highest BCUT2D eigenvalue weighted by molar-refractivity contribution is 7.15. The average Bonchev–Trinajstić information content (AvgIpc) is 3.12. The van der Waals surface area contributed by atoms with Crippen LogP contribution in [0.25, 0.3) is 4.96 Å². The second-order valence-corrected chi connectivity index (χ2v) is 6.99. The summed E-state index contributed by atoms with van der Waals surface area (Å²) in [6.45, 7) is 2.10. The van der Waals surface area contributed by atoms with Crippen molar-refractivity contribution >= 4 is 22.1 Å². The summed E-state index contributed by atoms with van der Waals surface area (Å²) < 4.78 is 2.21. The molecular weight excluding hydrogens is 284 g/mol. The number of fused-ring (bicyclic) bond motifs is 1. The standard InChI is InChI=1S/C15H22N4OS/c20-10-12-3-1-2-6-18(12)14-13(9-16-11-4-5-11)19-7-8-21-15(19)17-14/h7-8,11-12,16,20H,1-6,9-10H2. The van der Waals surface area contributed by atoms with E-state index in [1.807, 2.05) is 0 Å². The van der Waals surface area contributed by atoms with Gasteiger partial charge in [-0.15, -0.1) is 11.3 Å². The van der Waals surface area contributed by atoms with Crippen LogP contribution in [-0.2, 0) is 6.54 Å². The van der Waals surface area contributed by atoms with Gasteiger partial charge in [-0.05, 0) is 32.1 Å². The van der Waals surface area contributed by atoms with Gasteiger partial charge in [-0.3, -0.25) is 4.40 Å². The van der Waals surface area contributed by atoms with Gasteiger partial charge in [0.1, 0.15) is 0 Å². The lowest BCUT2D eigenvalue weighted by Gasteiger charge is -2.35. The Labute approximate surface area is 128 Å². The van der Waals surface area contributed by atoms with Crippen LogP contribution in [0.2, 0.25) is 0 Å². The van der Waals surface area contributed by atoms with Gasteiger partial charge in [0.25, 0.3) is 0 Å². The number of hydrogen-bond donors (Lipinski definition) is 2. The molecule has 1 unspecified atom stereocenters. The fraction of sp³-hybridized carbons (Fsp3) is 0.667. The van der Waals surface area contributed by atoms with E-state index >= 15 is 0 Å². The molecule has 3 heterocycles. The van der Waals surface area contributed by atoms with Crippen LogP contribution in [0.3, 0.4) is 0 Å². The molecule has 0 radical (unpaired) electrons. The molecule has 2 aliphatic rings. The Morgan fingerprint density at radius 2 is 2.24 bits per heavy atom.